The third-order valence-electron chi connectivity index (χ3n) is 3.19. The zero-order valence-electron chi connectivity index (χ0n) is 10.6. The molecule has 1 rings (SSSR count). The molecule has 4 N–H and O–H groups in total. The summed E-state index contributed by atoms with van der Waals surface area (Å²) in [5, 5.41) is 22.5. The largest absolute Gasteiger partial charge is 0.480 e. The molecule has 18 heavy (non-hydrogen) atoms. The molecule has 0 aromatic rings. The Morgan fingerprint density at radius 1 is 1.50 bits per heavy atom. The molecule has 0 aliphatic carbocycles. The second-order valence-corrected chi connectivity index (χ2v) is 4.53. The fourth-order valence-electron chi connectivity index (χ4n) is 2.04. The van der Waals surface area contributed by atoms with E-state index in [2.05, 4.69) is 15.5 Å². The summed E-state index contributed by atoms with van der Waals surface area (Å²) in [5.41, 5.74) is 0. The van der Waals surface area contributed by atoms with Crippen molar-refractivity contribution in [1.29, 1.82) is 0 Å². The van der Waals surface area contributed by atoms with Crippen molar-refractivity contribution >= 4 is 12.0 Å². The second-order valence-electron chi connectivity index (χ2n) is 4.53. The Bertz CT molecular complexity index is 298. The van der Waals surface area contributed by atoms with Crippen molar-refractivity contribution in [3.8, 4) is 0 Å². The summed E-state index contributed by atoms with van der Waals surface area (Å²) in [5.74, 6) is -1.14. The van der Waals surface area contributed by atoms with Crippen LogP contribution in [0, 0.1) is 0 Å². The lowest BCUT2D eigenvalue weighted by atomic mass is 10.2. The lowest BCUT2D eigenvalue weighted by molar-refractivity contribution is -0.139. The average Bonchev–Trinajstić information content (AvgIpc) is 2.71. The number of aliphatic carboxylic acids is 1. The smallest absolute Gasteiger partial charge is 0.326 e. The highest BCUT2D eigenvalue weighted by Crippen LogP contribution is 2.13. The number of aliphatic hydroxyl groups excluding tert-OH is 1. The zero-order valence-corrected chi connectivity index (χ0v) is 10.6. The maximum absolute atomic E-state index is 11.5. The van der Waals surface area contributed by atoms with E-state index in [1.54, 1.807) is 0 Å². The number of carboxylic acid groups (broad SMARTS) is 1. The van der Waals surface area contributed by atoms with Crippen LogP contribution in [0.25, 0.3) is 0 Å². The summed E-state index contributed by atoms with van der Waals surface area (Å²) in [7, 11) is 2.00. The minimum atomic E-state index is -1.14. The van der Waals surface area contributed by atoms with E-state index in [-0.39, 0.29) is 13.0 Å². The lowest BCUT2D eigenvalue weighted by Crippen LogP contribution is -2.49. The van der Waals surface area contributed by atoms with Gasteiger partial charge in [0.2, 0.25) is 0 Å². The third-order valence-corrected chi connectivity index (χ3v) is 3.19. The lowest BCUT2D eigenvalue weighted by Gasteiger charge is -2.20. The molecule has 1 saturated heterocycles. The van der Waals surface area contributed by atoms with Crippen LogP contribution in [0.5, 0.6) is 0 Å². The van der Waals surface area contributed by atoms with E-state index in [0.29, 0.717) is 12.6 Å². The molecule has 1 unspecified atom stereocenters. The van der Waals surface area contributed by atoms with Gasteiger partial charge in [0.05, 0.1) is 0 Å². The van der Waals surface area contributed by atoms with Crippen LogP contribution in [0.1, 0.15) is 19.3 Å². The number of likely N-dealkylation sites (N-methyl/N-ethyl adjacent to an activating group) is 1. The number of hydrogen-bond acceptors (Lipinski definition) is 4. The van der Waals surface area contributed by atoms with Gasteiger partial charge in [-0.3, -0.25) is 0 Å². The number of urea groups is 1. The highest BCUT2D eigenvalue weighted by atomic mass is 16.4. The number of likely N-dealkylation sites (tertiary alicyclic amines) is 1. The van der Waals surface area contributed by atoms with Crippen LogP contribution in [0.3, 0.4) is 0 Å². The van der Waals surface area contributed by atoms with Crippen molar-refractivity contribution in [2.75, 3.05) is 26.7 Å². The number of amides is 2. The van der Waals surface area contributed by atoms with Crippen molar-refractivity contribution < 1.29 is 19.8 Å². The Balaban J connectivity index is 2.29. The maximum atomic E-state index is 11.5. The van der Waals surface area contributed by atoms with Crippen LogP contribution in [0.2, 0.25) is 0 Å². The summed E-state index contributed by atoms with van der Waals surface area (Å²) < 4.78 is 0. The first-order valence-electron chi connectivity index (χ1n) is 6.13. The summed E-state index contributed by atoms with van der Waals surface area (Å²) in [6.45, 7) is 1.26. The molecule has 1 heterocycles. The van der Waals surface area contributed by atoms with E-state index in [4.69, 9.17) is 10.2 Å². The molecule has 0 radical (unpaired) electrons. The minimum Gasteiger partial charge on any atom is -0.480 e. The van der Waals surface area contributed by atoms with Crippen molar-refractivity contribution in [2.45, 2.75) is 31.3 Å². The van der Waals surface area contributed by atoms with Crippen LogP contribution in [0.4, 0.5) is 4.79 Å². The molecule has 1 fully saturated rings. The van der Waals surface area contributed by atoms with E-state index < -0.39 is 18.0 Å². The molecule has 0 spiro atoms. The topological polar surface area (TPSA) is 102 Å². The Morgan fingerprint density at radius 2 is 2.22 bits per heavy atom. The van der Waals surface area contributed by atoms with Crippen LogP contribution in [-0.2, 0) is 4.79 Å². The fourth-order valence-corrected chi connectivity index (χ4v) is 2.04. The van der Waals surface area contributed by atoms with Gasteiger partial charge in [-0.2, -0.15) is 0 Å². The maximum Gasteiger partial charge on any atom is 0.326 e. The molecule has 7 nitrogen and oxygen atoms in total. The molecule has 0 bridgehead atoms. The van der Waals surface area contributed by atoms with Gasteiger partial charge in [0.25, 0.3) is 0 Å². The molecule has 104 valence electrons. The Kier molecular flexibility index (Phi) is 5.87. The van der Waals surface area contributed by atoms with Crippen LogP contribution in [-0.4, -0.2) is 65.9 Å². The second kappa shape index (κ2) is 7.17. The summed E-state index contributed by atoms with van der Waals surface area (Å²) in [6.07, 6.45) is 2.16. The van der Waals surface area contributed by atoms with Crippen LogP contribution >= 0.6 is 0 Å². The summed E-state index contributed by atoms with van der Waals surface area (Å²) in [6, 6.07) is -1.23. The van der Waals surface area contributed by atoms with Gasteiger partial charge in [0, 0.05) is 25.6 Å². The third kappa shape index (κ3) is 4.50. The minimum absolute atomic E-state index is 0.00604. The average molecular weight is 259 g/mol. The summed E-state index contributed by atoms with van der Waals surface area (Å²) in [4.78, 5) is 24.5. The van der Waals surface area contributed by atoms with Crippen LogP contribution in [0.15, 0.2) is 0 Å². The number of nitrogens with one attached hydrogen (secondary N) is 2. The van der Waals surface area contributed by atoms with Gasteiger partial charge in [0.1, 0.15) is 6.04 Å². The van der Waals surface area contributed by atoms with Gasteiger partial charge in [-0.15, -0.1) is 0 Å². The number of rotatable bonds is 6. The molecule has 1 aliphatic rings. The monoisotopic (exact) mass is 259 g/mol. The van der Waals surface area contributed by atoms with Gasteiger partial charge >= 0.3 is 12.0 Å². The predicted octanol–water partition coefficient (Wildman–Crippen LogP) is -0.785. The number of carbonyl (C=O) groups excluding carboxylic acids is 1. The van der Waals surface area contributed by atoms with Crippen LogP contribution < -0.4 is 10.6 Å². The Hall–Kier alpha value is -1.34. The molecule has 0 aromatic carbocycles. The van der Waals surface area contributed by atoms with E-state index >= 15 is 0 Å². The number of carboxylic acids is 1. The van der Waals surface area contributed by atoms with Crippen molar-refractivity contribution in [2.24, 2.45) is 0 Å². The number of nitrogens with zero attached hydrogens (tertiary/aromatic N) is 1. The molecule has 2 amide bonds. The van der Waals surface area contributed by atoms with Gasteiger partial charge in [-0.1, -0.05) is 0 Å². The highest BCUT2D eigenvalue weighted by Gasteiger charge is 2.23. The van der Waals surface area contributed by atoms with Gasteiger partial charge in [0.15, 0.2) is 0 Å². The first-order chi connectivity index (χ1) is 8.54. The molecule has 1 aliphatic heterocycles. The van der Waals surface area contributed by atoms with E-state index in [1.165, 1.54) is 0 Å². The highest BCUT2D eigenvalue weighted by molar-refractivity contribution is 5.82. The van der Waals surface area contributed by atoms with Gasteiger partial charge in [-0.05, 0) is 26.4 Å². The van der Waals surface area contributed by atoms with E-state index in [0.717, 1.165) is 19.4 Å². The first-order valence-corrected chi connectivity index (χ1v) is 6.13. The van der Waals surface area contributed by atoms with Crippen molar-refractivity contribution in [3.63, 3.8) is 0 Å². The van der Waals surface area contributed by atoms with Gasteiger partial charge in [-0.25, -0.2) is 9.59 Å². The molecule has 0 aromatic heterocycles. The van der Waals surface area contributed by atoms with Gasteiger partial charge < -0.3 is 25.7 Å². The SMILES string of the molecule is CN1CCCC1CNC(=O)N[C@H](CCO)C(=O)O. The quantitative estimate of drug-likeness (QED) is 0.501. The molecular formula is C11H21N3O4. The first kappa shape index (κ1) is 14.7. The number of hydrogen-bond donors (Lipinski definition) is 4. The van der Waals surface area contributed by atoms with Crippen molar-refractivity contribution in [3.05, 3.63) is 0 Å². The number of carbonyl (C=O) groups is 2. The molecule has 2 atom stereocenters. The summed E-state index contributed by atoms with van der Waals surface area (Å²) >= 11 is 0. The standard InChI is InChI=1S/C11H21N3O4/c1-14-5-2-3-8(14)7-12-11(18)13-9(4-6-15)10(16)17/h8-9,15H,2-7H2,1H3,(H,16,17)(H2,12,13,18)/t8?,9-/m1/s1. The predicted molar refractivity (Wildman–Crippen MR) is 65.3 cm³/mol. The molecular weight excluding hydrogens is 238 g/mol. The molecule has 7 heteroatoms. The molecule has 0 saturated carbocycles. The Morgan fingerprint density at radius 3 is 2.72 bits per heavy atom. The van der Waals surface area contributed by atoms with E-state index in [1.807, 2.05) is 7.05 Å². The zero-order chi connectivity index (χ0) is 13.5. The Labute approximate surface area is 106 Å². The number of aliphatic hydroxyl groups is 1. The fraction of sp³-hybridized carbons (Fsp3) is 0.818. The van der Waals surface area contributed by atoms with Crippen molar-refractivity contribution in [1.82, 2.24) is 15.5 Å². The van der Waals surface area contributed by atoms with E-state index in [9.17, 15) is 9.59 Å². The normalized spacial score (nSPS) is 21.6.